The average molecular weight is 207 g/mol. The lowest BCUT2D eigenvalue weighted by atomic mass is 10.5. The average Bonchev–Trinajstić information content (AvgIpc) is 2.14. The zero-order valence-electron chi connectivity index (χ0n) is 4.59. The van der Waals surface area contributed by atoms with Crippen molar-refractivity contribution in [2.75, 3.05) is 0 Å². The van der Waals surface area contributed by atoms with E-state index in [0.29, 0.717) is 9.74 Å². The van der Waals surface area contributed by atoms with Crippen molar-refractivity contribution in [2.24, 2.45) is 0 Å². The van der Waals surface area contributed by atoms with Crippen LogP contribution in [0.2, 0.25) is 0 Å². The fraction of sp³-hybridized carbons (Fsp3) is 0.250. The van der Waals surface area contributed by atoms with Crippen molar-refractivity contribution in [3.63, 3.8) is 0 Å². The number of halogens is 1. The lowest BCUT2D eigenvalue weighted by Crippen LogP contribution is -1.88. The van der Waals surface area contributed by atoms with Crippen LogP contribution in [0.15, 0.2) is 4.73 Å². The summed E-state index contributed by atoms with van der Waals surface area (Å²) in [5, 5.41) is 0.446. The summed E-state index contributed by atoms with van der Waals surface area (Å²) >= 11 is 4.14. The summed E-state index contributed by atoms with van der Waals surface area (Å²) in [5.74, 6) is -0.0433. The normalized spacial score (nSPS) is 9.56. The maximum Gasteiger partial charge on any atom is 0.209 e. The van der Waals surface area contributed by atoms with Gasteiger partial charge in [-0.25, -0.2) is 4.98 Å². The van der Waals surface area contributed by atoms with E-state index >= 15 is 0 Å². The minimum absolute atomic E-state index is 0.0433. The smallest absolute Gasteiger partial charge is 0.209 e. The van der Waals surface area contributed by atoms with Crippen molar-refractivity contribution in [1.29, 1.82) is 0 Å². The summed E-state index contributed by atoms with van der Waals surface area (Å²) in [4.78, 5) is 14.3. The Labute approximate surface area is 64.4 Å². The van der Waals surface area contributed by atoms with Crippen LogP contribution >= 0.6 is 27.5 Å². The SMILES string of the molecule is CC(=O)c1nc(Br)ns1. The second-order valence-electron chi connectivity index (χ2n) is 1.42. The predicted molar refractivity (Wildman–Crippen MR) is 37.6 cm³/mol. The van der Waals surface area contributed by atoms with E-state index in [1.54, 1.807) is 0 Å². The van der Waals surface area contributed by atoms with Gasteiger partial charge in [-0.15, -0.1) is 0 Å². The number of aromatic nitrogens is 2. The molecule has 0 aliphatic rings. The second-order valence-corrected chi connectivity index (χ2v) is 2.89. The zero-order chi connectivity index (χ0) is 6.85. The van der Waals surface area contributed by atoms with Gasteiger partial charge in [-0.2, -0.15) is 4.37 Å². The number of Topliss-reactive ketones (excluding diaryl/α,β-unsaturated/α-hetero) is 1. The molecule has 0 N–H and O–H groups in total. The molecule has 0 amide bonds. The predicted octanol–water partition coefficient (Wildman–Crippen LogP) is 1.50. The molecule has 1 rings (SSSR count). The van der Waals surface area contributed by atoms with Gasteiger partial charge >= 0.3 is 0 Å². The molecule has 0 atom stereocenters. The molecule has 0 aliphatic carbocycles. The van der Waals surface area contributed by atoms with Crippen LogP contribution in [0.25, 0.3) is 0 Å². The van der Waals surface area contributed by atoms with Gasteiger partial charge in [0.1, 0.15) is 0 Å². The van der Waals surface area contributed by atoms with E-state index in [1.807, 2.05) is 0 Å². The van der Waals surface area contributed by atoms with Crippen molar-refractivity contribution in [2.45, 2.75) is 6.92 Å². The largest absolute Gasteiger partial charge is 0.292 e. The quantitative estimate of drug-likeness (QED) is 0.655. The van der Waals surface area contributed by atoms with Gasteiger partial charge in [0.15, 0.2) is 10.8 Å². The molecule has 0 aromatic carbocycles. The standard InChI is InChI=1S/C4H3BrN2OS/c1-2(8)3-6-4(5)7-9-3/h1H3. The molecule has 1 heterocycles. The van der Waals surface area contributed by atoms with Crippen LogP contribution in [0.1, 0.15) is 16.7 Å². The van der Waals surface area contributed by atoms with Crippen LogP contribution in [-0.2, 0) is 0 Å². The van der Waals surface area contributed by atoms with Gasteiger partial charge in [0.05, 0.1) is 0 Å². The number of hydrogen-bond acceptors (Lipinski definition) is 4. The highest BCUT2D eigenvalue weighted by atomic mass is 79.9. The molecule has 0 saturated carbocycles. The van der Waals surface area contributed by atoms with E-state index in [-0.39, 0.29) is 5.78 Å². The van der Waals surface area contributed by atoms with Gasteiger partial charge in [-0.05, 0) is 27.5 Å². The molecule has 0 fully saturated rings. The van der Waals surface area contributed by atoms with E-state index in [2.05, 4.69) is 25.3 Å². The first-order valence-electron chi connectivity index (χ1n) is 2.20. The van der Waals surface area contributed by atoms with Gasteiger partial charge in [-0.1, -0.05) is 0 Å². The van der Waals surface area contributed by atoms with Gasteiger partial charge in [0.25, 0.3) is 0 Å². The molecular weight excluding hydrogens is 204 g/mol. The lowest BCUT2D eigenvalue weighted by Gasteiger charge is -1.76. The Kier molecular flexibility index (Phi) is 1.92. The first-order chi connectivity index (χ1) is 4.20. The third-order valence-corrected chi connectivity index (χ3v) is 2.11. The fourth-order valence-electron chi connectivity index (χ4n) is 0.349. The van der Waals surface area contributed by atoms with Crippen LogP contribution in [0.4, 0.5) is 0 Å². The van der Waals surface area contributed by atoms with Crippen molar-refractivity contribution in [1.82, 2.24) is 9.36 Å². The first-order valence-corrected chi connectivity index (χ1v) is 3.77. The minimum Gasteiger partial charge on any atom is -0.292 e. The molecule has 0 saturated heterocycles. The number of ketones is 1. The Balaban J connectivity index is 2.98. The maximum absolute atomic E-state index is 10.5. The second kappa shape index (κ2) is 2.53. The Morgan fingerprint density at radius 3 is 2.67 bits per heavy atom. The van der Waals surface area contributed by atoms with Gasteiger partial charge < -0.3 is 0 Å². The Hall–Kier alpha value is -0.290. The van der Waals surface area contributed by atoms with Crippen LogP contribution < -0.4 is 0 Å². The third-order valence-electron chi connectivity index (χ3n) is 0.702. The highest BCUT2D eigenvalue weighted by Crippen LogP contribution is 2.09. The molecule has 3 nitrogen and oxygen atoms in total. The monoisotopic (exact) mass is 206 g/mol. The zero-order valence-corrected chi connectivity index (χ0v) is 6.99. The highest BCUT2D eigenvalue weighted by Gasteiger charge is 2.04. The van der Waals surface area contributed by atoms with Gasteiger partial charge in [0, 0.05) is 6.92 Å². The Bertz CT molecular complexity index is 234. The molecule has 1 aromatic heterocycles. The van der Waals surface area contributed by atoms with E-state index in [0.717, 1.165) is 11.5 Å². The summed E-state index contributed by atoms with van der Waals surface area (Å²) < 4.78 is 4.25. The van der Waals surface area contributed by atoms with Crippen LogP contribution in [0.3, 0.4) is 0 Å². The van der Waals surface area contributed by atoms with E-state index < -0.39 is 0 Å². The third kappa shape index (κ3) is 1.56. The van der Waals surface area contributed by atoms with Crippen molar-refractivity contribution in [3.8, 4) is 0 Å². The Morgan fingerprint density at radius 2 is 2.44 bits per heavy atom. The maximum atomic E-state index is 10.5. The Morgan fingerprint density at radius 1 is 1.78 bits per heavy atom. The molecule has 0 aliphatic heterocycles. The van der Waals surface area contributed by atoms with E-state index in [1.165, 1.54) is 6.92 Å². The van der Waals surface area contributed by atoms with Gasteiger partial charge in [0.2, 0.25) is 4.73 Å². The molecule has 0 spiro atoms. The van der Waals surface area contributed by atoms with Gasteiger partial charge in [-0.3, -0.25) is 4.79 Å². The molecule has 0 radical (unpaired) electrons. The number of hydrogen-bond donors (Lipinski definition) is 0. The summed E-state index contributed by atoms with van der Waals surface area (Å²) in [6.07, 6.45) is 0. The fourth-order valence-corrected chi connectivity index (χ4v) is 1.32. The molecule has 5 heteroatoms. The van der Waals surface area contributed by atoms with Crippen LogP contribution in [0, 0.1) is 0 Å². The number of nitrogens with zero attached hydrogens (tertiary/aromatic N) is 2. The topological polar surface area (TPSA) is 42.9 Å². The first kappa shape index (κ1) is 6.82. The summed E-state index contributed by atoms with van der Waals surface area (Å²) in [6.45, 7) is 1.47. The highest BCUT2D eigenvalue weighted by molar-refractivity contribution is 9.10. The summed E-state index contributed by atoms with van der Waals surface area (Å²) in [5.41, 5.74) is 0. The van der Waals surface area contributed by atoms with Crippen molar-refractivity contribution < 1.29 is 4.79 Å². The molecule has 48 valence electrons. The van der Waals surface area contributed by atoms with Crippen molar-refractivity contribution in [3.05, 3.63) is 9.74 Å². The number of carbonyl (C=O) groups is 1. The van der Waals surface area contributed by atoms with Crippen LogP contribution in [0.5, 0.6) is 0 Å². The molecule has 1 aromatic rings. The summed E-state index contributed by atoms with van der Waals surface area (Å²) in [6, 6.07) is 0. The summed E-state index contributed by atoms with van der Waals surface area (Å²) in [7, 11) is 0. The number of carbonyl (C=O) groups excluding carboxylic acids is 1. The number of rotatable bonds is 1. The van der Waals surface area contributed by atoms with Crippen molar-refractivity contribution >= 4 is 33.2 Å². The lowest BCUT2D eigenvalue weighted by molar-refractivity contribution is 0.101. The molecular formula is C4H3BrN2OS. The van der Waals surface area contributed by atoms with E-state index in [4.69, 9.17) is 0 Å². The van der Waals surface area contributed by atoms with Crippen LogP contribution in [-0.4, -0.2) is 15.1 Å². The molecule has 0 unspecified atom stereocenters. The molecule has 0 bridgehead atoms. The molecule has 9 heavy (non-hydrogen) atoms. The minimum atomic E-state index is -0.0433. The van der Waals surface area contributed by atoms with E-state index in [9.17, 15) is 4.79 Å².